The molecule has 2 rings (SSSR count). The van der Waals surface area contributed by atoms with E-state index in [0.29, 0.717) is 17.5 Å². The van der Waals surface area contributed by atoms with Crippen LogP contribution in [0.15, 0.2) is 21.5 Å². The first-order chi connectivity index (χ1) is 9.78. The molecule has 1 saturated heterocycles. The Morgan fingerprint density at radius 3 is 2.67 bits per heavy atom. The van der Waals surface area contributed by atoms with Crippen LogP contribution >= 0.6 is 27.5 Å². The van der Waals surface area contributed by atoms with Crippen molar-refractivity contribution in [2.75, 3.05) is 13.7 Å². The van der Waals surface area contributed by atoms with Gasteiger partial charge in [0.2, 0.25) is 10.0 Å². The molecular weight excluding hydrogens is 378 g/mol. The minimum Gasteiger partial charge on any atom is -0.377 e. The topological polar surface area (TPSA) is 46.6 Å². The average Bonchev–Trinajstić information content (AvgIpc) is 2.86. The Hall–Kier alpha value is -0.140. The lowest BCUT2D eigenvalue weighted by Crippen LogP contribution is -2.41. The van der Waals surface area contributed by atoms with Crippen LogP contribution in [0.5, 0.6) is 0 Å². The molecule has 4 nitrogen and oxygen atoms in total. The summed E-state index contributed by atoms with van der Waals surface area (Å²) in [7, 11) is -1.98. The average molecular weight is 397 g/mol. The third-order valence-corrected chi connectivity index (χ3v) is 7.43. The standard InChI is InChI=1S/C14H19BrClNO3S/c1-9-6-11(8-16)7-13(14(9)15)21(18,19)17(3)12-4-5-20-10(12)2/h6-7,10,12H,4-5,8H2,1-3H3. The monoisotopic (exact) mass is 395 g/mol. The second-order valence-corrected chi connectivity index (χ2v) is 8.34. The quantitative estimate of drug-likeness (QED) is 0.734. The van der Waals surface area contributed by atoms with Gasteiger partial charge in [0.05, 0.1) is 17.0 Å². The lowest BCUT2D eigenvalue weighted by atomic mass is 10.2. The van der Waals surface area contributed by atoms with E-state index in [0.717, 1.165) is 11.1 Å². The van der Waals surface area contributed by atoms with Crippen molar-refractivity contribution < 1.29 is 13.2 Å². The zero-order chi connectivity index (χ0) is 15.8. The van der Waals surface area contributed by atoms with Gasteiger partial charge in [-0.15, -0.1) is 11.6 Å². The zero-order valence-corrected chi connectivity index (χ0v) is 15.4. The molecule has 1 aromatic rings. The van der Waals surface area contributed by atoms with Gasteiger partial charge in [-0.2, -0.15) is 4.31 Å². The summed E-state index contributed by atoms with van der Waals surface area (Å²) in [5.41, 5.74) is 1.65. The number of hydrogen-bond acceptors (Lipinski definition) is 3. The van der Waals surface area contributed by atoms with Gasteiger partial charge in [0.15, 0.2) is 0 Å². The first-order valence-corrected chi connectivity index (χ1v) is 9.50. The largest absolute Gasteiger partial charge is 0.377 e. The fourth-order valence-electron chi connectivity index (χ4n) is 2.61. The number of hydrogen-bond donors (Lipinski definition) is 0. The van der Waals surface area contributed by atoms with Gasteiger partial charge >= 0.3 is 0 Å². The van der Waals surface area contributed by atoms with Crippen LogP contribution in [0.25, 0.3) is 0 Å². The molecule has 2 unspecified atom stereocenters. The number of sulfonamides is 1. The molecule has 21 heavy (non-hydrogen) atoms. The second kappa shape index (κ2) is 6.54. The highest BCUT2D eigenvalue weighted by molar-refractivity contribution is 9.10. The first kappa shape index (κ1) is 17.2. The maximum atomic E-state index is 12.9. The Bertz CT molecular complexity index is 635. The Morgan fingerprint density at radius 1 is 1.48 bits per heavy atom. The van der Waals surface area contributed by atoms with E-state index in [2.05, 4.69) is 15.9 Å². The van der Waals surface area contributed by atoms with Crippen molar-refractivity contribution in [3.8, 4) is 0 Å². The predicted octanol–water partition coefficient (Wildman–Crippen LogP) is 3.29. The summed E-state index contributed by atoms with van der Waals surface area (Å²) in [6.07, 6.45) is 0.615. The van der Waals surface area contributed by atoms with Gasteiger partial charge in [-0.05, 0) is 53.4 Å². The molecule has 0 bridgehead atoms. The molecule has 7 heteroatoms. The molecule has 0 amide bonds. The van der Waals surface area contributed by atoms with Crippen LogP contribution in [0.2, 0.25) is 0 Å². The summed E-state index contributed by atoms with van der Waals surface area (Å²) in [6, 6.07) is 3.38. The van der Waals surface area contributed by atoms with E-state index in [1.165, 1.54) is 4.31 Å². The number of halogens is 2. The molecule has 0 radical (unpaired) electrons. The van der Waals surface area contributed by atoms with Gasteiger partial charge in [-0.25, -0.2) is 8.42 Å². The summed E-state index contributed by atoms with van der Waals surface area (Å²) in [4.78, 5) is 0.264. The summed E-state index contributed by atoms with van der Waals surface area (Å²) in [5, 5.41) is 0. The fourth-order valence-corrected chi connectivity index (χ4v) is 5.23. The molecule has 0 saturated carbocycles. The van der Waals surface area contributed by atoms with Gasteiger partial charge in [-0.1, -0.05) is 6.07 Å². The number of aryl methyl sites for hydroxylation is 1. The molecule has 0 aliphatic carbocycles. The van der Waals surface area contributed by atoms with Crippen molar-refractivity contribution in [1.82, 2.24) is 4.31 Å². The highest BCUT2D eigenvalue weighted by atomic mass is 79.9. The molecule has 2 atom stereocenters. The Kier molecular flexibility index (Phi) is 5.36. The normalized spacial score (nSPS) is 23.0. The number of benzene rings is 1. The van der Waals surface area contributed by atoms with Crippen LogP contribution in [-0.2, 0) is 20.6 Å². The number of likely N-dealkylation sites (N-methyl/N-ethyl adjacent to an activating group) is 1. The molecular formula is C14H19BrClNO3S. The molecule has 0 aromatic heterocycles. The van der Waals surface area contributed by atoms with Crippen LogP contribution in [0.4, 0.5) is 0 Å². The van der Waals surface area contributed by atoms with Crippen molar-refractivity contribution in [2.45, 2.75) is 43.2 Å². The van der Waals surface area contributed by atoms with Crippen molar-refractivity contribution in [1.29, 1.82) is 0 Å². The number of alkyl halides is 1. The van der Waals surface area contributed by atoms with Gasteiger partial charge in [0.1, 0.15) is 0 Å². The first-order valence-electron chi connectivity index (χ1n) is 6.73. The minimum absolute atomic E-state index is 0.0964. The van der Waals surface area contributed by atoms with Crippen LogP contribution in [0, 0.1) is 6.92 Å². The highest BCUT2D eigenvalue weighted by Crippen LogP contribution is 2.32. The summed E-state index contributed by atoms with van der Waals surface area (Å²) >= 11 is 9.25. The molecule has 1 aliphatic rings. The summed E-state index contributed by atoms with van der Waals surface area (Å²) in [5.74, 6) is 0.281. The van der Waals surface area contributed by atoms with E-state index < -0.39 is 10.0 Å². The Labute approximate surface area is 139 Å². The molecule has 0 spiro atoms. The van der Waals surface area contributed by atoms with E-state index in [1.54, 1.807) is 13.1 Å². The lowest BCUT2D eigenvalue weighted by Gasteiger charge is -2.27. The maximum Gasteiger partial charge on any atom is 0.244 e. The van der Waals surface area contributed by atoms with Crippen molar-refractivity contribution in [3.05, 3.63) is 27.7 Å². The van der Waals surface area contributed by atoms with Crippen LogP contribution in [0.3, 0.4) is 0 Å². The van der Waals surface area contributed by atoms with Crippen molar-refractivity contribution in [3.63, 3.8) is 0 Å². The van der Waals surface area contributed by atoms with Gasteiger partial charge in [-0.3, -0.25) is 0 Å². The zero-order valence-electron chi connectivity index (χ0n) is 12.3. The summed E-state index contributed by atoms with van der Waals surface area (Å²) < 4.78 is 33.3. The fraction of sp³-hybridized carbons (Fsp3) is 0.571. The highest BCUT2D eigenvalue weighted by Gasteiger charge is 2.36. The van der Waals surface area contributed by atoms with Crippen molar-refractivity contribution in [2.24, 2.45) is 0 Å². The van der Waals surface area contributed by atoms with E-state index in [1.807, 2.05) is 19.9 Å². The molecule has 1 fully saturated rings. The van der Waals surface area contributed by atoms with E-state index in [4.69, 9.17) is 16.3 Å². The smallest absolute Gasteiger partial charge is 0.244 e. The summed E-state index contributed by atoms with van der Waals surface area (Å²) in [6.45, 7) is 4.35. The molecule has 0 N–H and O–H groups in total. The Morgan fingerprint density at radius 2 is 2.14 bits per heavy atom. The third-order valence-electron chi connectivity index (χ3n) is 3.90. The lowest BCUT2D eigenvalue weighted by molar-refractivity contribution is 0.102. The van der Waals surface area contributed by atoms with Gasteiger partial charge in [0.25, 0.3) is 0 Å². The van der Waals surface area contributed by atoms with E-state index in [9.17, 15) is 8.42 Å². The minimum atomic E-state index is -3.59. The number of nitrogens with zero attached hydrogens (tertiary/aromatic N) is 1. The molecule has 118 valence electrons. The van der Waals surface area contributed by atoms with Gasteiger partial charge in [0, 0.05) is 24.0 Å². The Balaban J connectivity index is 2.46. The molecule has 1 aromatic carbocycles. The second-order valence-electron chi connectivity index (χ2n) is 5.31. The number of ether oxygens (including phenoxy) is 1. The predicted molar refractivity (Wildman–Crippen MR) is 87.2 cm³/mol. The van der Waals surface area contributed by atoms with Crippen LogP contribution in [0.1, 0.15) is 24.5 Å². The van der Waals surface area contributed by atoms with Crippen molar-refractivity contribution >= 4 is 37.6 Å². The SMILES string of the molecule is Cc1cc(CCl)cc(S(=O)(=O)N(C)C2CCOC2C)c1Br. The molecule has 1 heterocycles. The number of rotatable bonds is 4. The van der Waals surface area contributed by atoms with Gasteiger partial charge < -0.3 is 4.74 Å². The van der Waals surface area contributed by atoms with Crippen LogP contribution in [-0.4, -0.2) is 38.5 Å². The van der Waals surface area contributed by atoms with Crippen LogP contribution < -0.4 is 0 Å². The maximum absolute atomic E-state index is 12.9. The molecule has 1 aliphatic heterocycles. The third kappa shape index (κ3) is 3.29. The van der Waals surface area contributed by atoms with E-state index in [-0.39, 0.29) is 22.9 Å². The van der Waals surface area contributed by atoms with E-state index >= 15 is 0 Å².